The predicted octanol–water partition coefficient (Wildman–Crippen LogP) is 1.94. The quantitative estimate of drug-likeness (QED) is 0.905. The van der Waals surface area contributed by atoms with Gasteiger partial charge in [-0.25, -0.2) is 9.37 Å². The van der Waals surface area contributed by atoms with Crippen LogP contribution >= 0.6 is 0 Å². The number of nitrogens with zero attached hydrogens (tertiary/aromatic N) is 2. The summed E-state index contributed by atoms with van der Waals surface area (Å²) in [6.45, 7) is 4.84. The van der Waals surface area contributed by atoms with Gasteiger partial charge in [0.1, 0.15) is 23.9 Å². The summed E-state index contributed by atoms with van der Waals surface area (Å²) < 4.78 is 19.3. The van der Waals surface area contributed by atoms with Gasteiger partial charge in [0.2, 0.25) is 5.89 Å². The van der Waals surface area contributed by atoms with Crippen LogP contribution in [0, 0.1) is 5.82 Å². The molecule has 0 amide bonds. The van der Waals surface area contributed by atoms with E-state index in [9.17, 15) is 9.50 Å². The molecule has 1 saturated heterocycles. The van der Waals surface area contributed by atoms with Crippen molar-refractivity contribution in [1.29, 1.82) is 0 Å². The van der Waals surface area contributed by atoms with E-state index in [4.69, 9.17) is 4.42 Å². The Bertz CT molecular complexity index is 621. The molecule has 1 aromatic carbocycles. The number of aromatic nitrogens is 1. The zero-order chi connectivity index (χ0) is 14.8. The zero-order valence-corrected chi connectivity index (χ0v) is 11.8. The van der Waals surface area contributed by atoms with Crippen LogP contribution in [0.15, 0.2) is 28.9 Å². The van der Waals surface area contributed by atoms with Gasteiger partial charge >= 0.3 is 0 Å². The summed E-state index contributed by atoms with van der Waals surface area (Å²) in [4.78, 5) is 6.24. The second-order valence-corrected chi connectivity index (χ2v) is 5.15. The Kier molecular flexibility index (Phi) is 3.90. The van der Waals surface area contributed by atoms with Crippen molar-refractivity contribution in [1.82, 2.24) is 10.3 Å². The number of nitrogens with one attached hydrogen (secondary N) is 1. The van der Waals surface area contributed by atoms with E-state index < -0.39 is 6.10 Å². The number of piperazine rings is 1. The molecule has 1 aliphatic heterocycles. The molecule has 1 aromatic heterocycles. The number of hydrogen-bond donors (Lipinski definition) is 2. The SMILES string of the molecule is CC(O)c1nc(-c2ccc(F)c(N3CCNCC3)c2)co1. The van der Waals surface area contributed by atoms with Crippen molar-refractivity contribution in [2.75, 3.05) is 31.1 Å². The smallest absolute Gasteiger partial charge is 0.223 e. The van der Waals surface area contributed by atoms with Crippen LogP contribution in [-0.2, 0) is 0 Å². The highest BCUT2D eigenvalue weighted by Gasteiger charge is 2.17. The fourth-order valence-corrected chi connectivity index (χ4v) is 2.43. The van der Waals surface area contributed by atoms with Crippen LogP contribution in [0.2, 0.25) is 0 Å². The summed E-state index contributed by atoms with van der Waals surface area (Å²) in [5.41, 5.74) is 1.96. The van der Waals surface area contributed by atoms with Crippen molar-refractivity contribution in [3.63, 3.8) is 0 Å². The highest BCUT2D eigenvalue weighted by molar-refractivity contribution is 5.65. The minimum absolute atomic E-state index is 0.236. The van der Waals surface area contributed by atoms with Crippen LogP contribution in [0.4, 0.5) is 10.1 Å². The molecule has 0 bridgehead atoms. The van der Waals surface area contributed by atoms with Crippen molar-refractivity contribution < 1.29 is 13.9 Å². The van der Waals surface area contributed by atoms with Crippen molar-refractivity contribution in [3.05, 3.63) is 36.2 Å². The summed E-state index contributed by atoms with van der Waals surface area (Å²) in [5.74, 6) is 0.0259. The monoisotopic (exact) mass is 291 g/mol. The number of aliphatic hydroxyl groups excluding tert-OH is 1. The maximum atomic E-state index is 14.1. The second kappa shape index (κ2) is 5.83. The molecule has 0 saturated carbocycles. The van der Waals surface area contributed by atoms with E-state index in [1.54, 1.807) is 19.1 Å². The lowest BCUT2D eigenvalue weighted by molar-refractivity contribution is 0.163. The first-order valence-electron chi connectivity index (χ1n) is 7.04. The average molecular weight is 291 g/mol. The van der Waals surface area contributed by atoms with Gasteiger partial charge in [0.25, 0.3) is 0 Å². The van der Waals surface area contributed by atoms with E-state index in [-0.39, 0.29) is 11.7 Å². The topological polar surface area (TPSA) is 61.5 Å². The number of anilines is 1. The lowest BCUT2D eigenvalue weighted by Gasteiger charge is -2.29. The molecule has 1 fully saturated rings. The maximum Gasteiger partial charge on any atom is 0.223 e. The molecule has 1 unspecified atom stereocenters. The summed E-state index contributed by atoms with van der Waals surface area (Å²) in [6.07, 6.45) is 0.725. The molecule has 112 valence electrons. The Labute approximate surface area is 122 Å². The minimum atomic E-state index is -0.758. The Morgan fingerprint density at radius 3 is 2.81 bits per heavy atom. The Hall–Kier alpha value is -1.92. The van der Waals surface area contributed by atoms with Crippen LogP contribution in [0.1, 0.15) is 18.9 Å². The fourth-order valence-electron chi connectivity index (χ4n) is 2.43. The molecular weight excluding hydrogens is 273 g/mol. The maximum absolute atomic E-state index is 14.1. The molecule has 6 heteroatoms. The molecule has 0 aliphatic carbocycles. The van der Waals surface area contributed by atoms with Gasteiger partial charge < -0.3 is 19.7 Å². The summed E-state index contributed by atoms with van der Waals surface area (Å²) in [6, 6.07) is 4.90. The normalized spacial score (nSPS) is 17.0. The highest BCUT2D eigenvalue weighted by atomic mass is 19.1. The summed E-state index contributed by atoms with van der Waals surface area (Å²) in [5, 5.41) is 12.7. The van der Waals surface area contributed by atoms with Gasteiger partial charge in [0.05, 0.1) is 5.69 Å². The molecule has 1 aliphatic rings. The third-order valence-corrected chi connectivity index (χ3v) is 3.58. The van der Waals surface area contributed by atoms with Gasteiger partial charge in [-0.05, 0) is 25.1 Å². The van der Waals surface area contributed by atoms with Gasteiger partial charge in [0.15, 0.2) is 0 Å². The van der Waals surface area contributed by atoms with Gasteiger partial charge in [0, 0.05) is 31.7 Å². The van der Waals surface area contributed by atoms with E-state index in [0.717, 1.165) is 31.7 Å². The largest absolute Gasteiger partial charge is 0.446 e. The van der Waals surface area contributed by atoms with E-state index >= 15 is 0 Å². The van der Waals surface area contributed by atoms with Crippen LogP contribution in [0.25, 0.3) is 11.3 Å². The average Bonchev–Trinajstić information content (AvgIpc) is 2.99. The number of benzene rings is 1. The minimum Gasteiger partial charge on any atom is -0.446 e. The van der Waals surface area contributed by atoms with E-state index in [0.29, 0.717) is 11.4 Å². The fraction of sp³-hybridized carbons (Fsp3) is 0.400. The van der Waals surface area contributed by atoms with E-state index in [2.05, 4.69) is 10.3 Å². The molecule has 0 spiro atoms. The molecule has 2 aromatic rings. The first-order valence-corrected chi connectivity index (χ1v) is 7.04. The molecular formula is C15H18FN3O2. The molecule has 5 nitrogen and oxygen atoms in total. The molecule has 1 atom stereocenters. The van der Waals surface area contributed by atoms with Crippen LogP contribution in [0.5, 0.6) is 0 Å². The van der Waals surface area contributed by atoms with E-state index in [1.807, 2.05) is 4.90 Å². The van der Waals surface area contributed by atoms with E-state index in [1.165, 1.54) is 12.3 Å². The number of halogens is 1. The first-order chi connectivity index (χ1) is 10.1. The van der Waals surface area contributed by atoms with Gasteiger partial charge in [-0.1, -0.05) is 0 Å². The highest BCUT2D eigenvalue weighted by Crippen LogP contribution is 2.28. The standard InChI is InChI=1S/C15H18FN3O2/c1-10(20)15-18-13(9-21-15)11-2-3-12(16)14(8-11)19-6-4-17-5-7-19/h2-3,8-10,17,20H,4-7H2,1H3. The van der Waals surface area contributed by atoms with Crippen molar-refractivity contribution in [2.45, 2.75) is 13.0 Å². The van der Waals surface area contributed by atoms with Crippen molar-refractivity contribution in [2.24, 2.45) is 0 Å². The Morgan fingerprint density at radius 2 is 2.14 bits per heavy atom. The van der Waals surface area contributed by atoms with Crippen LogP contribution in [-0.4, -0.2) is 36.3 Å². The molecule has 0 radical (unpaired) electrons. The zero-order valence-electron chi connectivity index (χ0n) is 11.8. The first kappa shape index (κ1) is 14.0. The third-order valence-electron chi connectivity index (χ3n) is 3.58. The van der Waals surface area contributed by atoms with Crippen molar-refractivity contribution in [3.8, 4) is 11.3 Å². The Morgan fingerprint density at radius 1 is 1.38 bits per heavy atom. The molecule has 3 rings (SSSR count). The lowest BCUT2D eigenvalue weighted by atomic mass is 10.1. The van der Waals surface area contributed by atoms with Crippen LogP contribution < -0.4 is 10.2 Å². The number of aliphatic hydroxyl groups is 1. The number of oxazole rings is 1. The molecule has 2 heterocycles. The summed E-state index contributed by atoms with van der Waals surface area (Å²) in [7, 11) is 0. The molecule has 21 heavy (non-hydrogen) atoms. The summed E-state index contributed by atoms with van der Waals surface area (Å²) >= 11 is 0. The van der Waals surface area contributed by atoms with Crippen molar-refractivity contribution >= 4 is 5.69 Å². The predicted molar refractivity (Wildman–Crippen MR) is 77.6 cm³/mol. The van der Waals surface area contributed by atoms with Crippen LogP contribution in [0.3, 0.4) is 0 Å². The van der Waals surface area contributed by atoms with Gasteiger partial charge in [-0.15, -0.1) is 0 Å². The molecule has 2 N–H and O–H groups in total. The second-order valence-electron chi connectivity index (χ2n) is 5.15. The third kappa shape index (κ3) is 2.91. The number of hydrogen-bond acceptors (Lipinski definition) is 5. The van der Waals surface area contributed by atoms with Gasteiger partial charge in [-0.3, -0.25) is 0 Å². The lowest BCUT2D eigenvalue weighted by Crippen LogP contribution is -2.43. The Balaban J connectivity index is 1.92. The number of rotatable bonds is 3. The van der Waals surface area contributed by atoms with Gasteiger partial charge in [-0.2, -0.15) is 0 Å².